The summed E-state index contributed by atoms with van der Waals surface area (Å²) in [6.07, 6.45) is 4.46. The first-order valence-electron chi connectivity index (χ1n) is 5.73. The smallest absolute Gasteiger partial charge is 0.180 e. The zero-order valence-electron chi connectivity index (χ0n) is 9.39. The summed E-state index contributed by atoms with van der Waals surface area (Å²) >= 11 is 1.37. The number of aryl methyl sites for hydroxylation is 1. The lowest BCUT2D eigenvalue weighted by Gasteiger charge is -2.33. The van der Waals surface area contributed by atoms with E-state index in [-0.39, 0.29) is 0 Å². The van der Waals surface area contributed by atoms with E-state index in [9.17, 15) is 5.11 Å². The Balaban J connectivity index is 2.15. The first kappa shape index (κ1) is 10.7. The minimum atomic E-state index is -0.899. The van der Waals surface area contributed by atoms with Gasteiger partial charge in [-0.05, 0) is 30.4 Å². The summed E-state index contributed by atoms with van der Waals surface area (Å²) < 4.78 is 0. The number of aromatic nitrogens is 1. The summed E-state index contributed by atoms with van der Waals surface area (Å²) in [5.41, 5.74) is 7.00. The topological polar surface area (TPSA) is 59.1 Å². The molecule has 0 spiro atoms. The average Bonchev–Trinajstić information content (AvgIpc) is 2.77. The lowest BCUT2D eigenvalue weighted by atomic mass is 9.78. The summed E-state index contributed by atoms with van der Waals surface area (Å²) in [7, 11) is 0. The molecule has 0 amide bonds. The van der Waals surface area contributed by atoms with Crippen LogP contribution in [0, 0.1) is 0 Å². The van der Waals surface area contributed by atoms with Gasteiger partial charge in [-0.1, -0.05) is 35.6 Å². The van der Waals surface area contributed by atoms with Crippen LogP contribution in [0.2, 0.25) is 0 Å². The Labute approximate surface area is 104 Å². The molecule has 0 aliphatic heterocycles. The monoisotopic (exact) mass is 246 g/mol. The van der Waals surface area contributed by atoms with Crippen LogP contribution in [0.4, 0.5) is 5.13 Å². The molecular weight excluding hydrogens is 232 g/mol. The maximum Gasteiger partial charge on any atom is 0.180 e. The van der Waals surface area contributed by atoms with Crippen LogP contribution in [0.25, 0.3) is 0 Å². The average molecular weight is 246 g/mol. The third-order valence-electron chi connectivity index (χ3n) is 3.38. The van der Waals surface area contributed by atoms with E-state index >= 15 is 0 Å². The maximum atomic E-state index is 10.9. The van der Waals surface area contributed by atoms with Crippen molar-refractivity contribution in [2.45, 2.75) is 24.9 Å². The van der Waals surface area contributed by atoms with E-state index < -0.39 is 5.60 Å². The molecular formula is C13H14N2OS. The van der Waals surface area contributed by atoms with Crippen molar-refractivity contribution in [1.82, 2.24) is 4.98 Å². The lowest BCUT2D eigenvalue weighted by Crippen LogP contribution is -2.30. The van der Waals surface area contributed by atoms with Crippen LogP contribution in [-0.2, 0) is 12.0 Å². The predicted octanol–water partition coefficient (Wildman–Crippen LogP) is 2.30. The molecule has 0 saturated heterocycles. The lowest BCUT2D eigenvalue weighted by molar-refractivity contribution is 0.0651. The third kappa shape index (κ3) is 1.64. The Morgan fingerprint density at radius 3 is 2.94 bits per heavy atom. The molecule has 1 aromatic carbocycles. The second-order valence-electron chi connectivity index (χ2n) is 4.43. The van der Waals surface area contributed by atoms with Crippen LogP contribution >= 0.6 is 11.3 Å². The number of hydrogen-bond donors (Lipinski definition) is 2. The molecule has 3 N–H and O–H groups in total. The van der Waals surface area contributed by atoms with Crippen LogP contribution in [0.15, 0.2) is 30.5 Å². The molecule has 3 nitrogen and oxygen atoms in total. The van der Waals surface area contributed by atoms with Crippen LogP contribution in [0.5, 0.6) is 0 Å². The molecule has 4 heteroatoms. The first-order chi connectivity index (χ1) is 8.20. The van der Waals surface area contributed by atoms with Gasteiger partial charge in [0.2, 0.25) is 0 Å². The van der Waals surface area contributed by atoms with E-state index in [4.69, 9.17) is 5.73 Å². The SMILES string of the molecule is Nc1ncc(C2(O)CCCc3ccccc32)s1. The molecule has 17 heavy (non-hydrogen) atoms. The highest BCUT2D eigenvalue weighted by molar-refractivity contribution is 7.15. The Bertz CT molecular complexity index is 552. The van der Waals surface area contributed by atoms with Gasteiger partial charge in [-0.3, -0.25) is 0 Å². The van der Waals surface area contributed by atoms with Crippen molar-refractivity contribution < 1.29 is 5.11 Å². The van der Waals surface area contributed by atoms with Crippen molar-refractivity contribution in [1.29, 1.82) is 0 Å². The van der Waals surface area contributed by atoms with Crippen molar-refractivity contribution in [3.63, 3.8) is 0 Å². The molecule has 1 aromatic heterocycles. The van der Waals surface area contributed by atoms with Gasteiger partial charge in [-0.25, -0.2) is 4.98 Å². The summed E-state index contributed by atoms with van der Waals surface area (Å²) in [4.78, 5) is 4.90. The van der Waals surface area contributed by atoms with Gasteiger partial charge in [0.05, 0.1) is 4.88 Å². The van der Waals surface area contributed by atoms with Gasteiger partial charge in [-0.2, -0.15) is 0 Å². The normalized spacial score (nSPS) is 23.4. The maximum absolute atomic E-state index is 10.9. The fraction of sp³-hybridized carbons (Fsp3) is 0.308. The number of nitrogen functional groups attached to an aromatic ring is 1. The van der Waals surface area contributed by atoms with Gasteiger partial charge in [0.1, 0.15) is 5.60 Å². The third-order valence-corrected chi connectivity index (χ3v) is 4.36. The minimum Gasteiger partial charge on any atom is -0.379 e. The second kappa shape index (κ2) is 3.82. The van der Waals surface area contributed by atoms with Gasteiger partial charge in [0.25, 0.3) is 0 Å². The van der Waals surface area contributed by atoms with Gasteiger partial charge in [0, 0.05) is 6.20 Å². The highest BCUT2D eigenvalue weighted by Gasteiger charge is 2.37. The Morgan fingerprint density at radius 1 is 1.35 bits per heavy atom. The van der Waals surface area contributed by atoms with Crippen molar-refractivity contribution in [2.75, 3.05) is 5.73 Å². The number of nitrogens with zero attached hydrogens (tertiary/aromatic N) is 1. The molecule has 0 saturated carbocycles. The van der Waals surface area contributed by atoms with Crippen molar-refractivity contribution >= 4 is 16.5 Å². The van der Waals surface area contributed by atoms with E-state index in [0.29, 0.717) is 5.13 Å². The van der Waals surface area contributed by atoms with E-state index in [1.807, 2.05) is 18.2 Å². The van der Waals surface area contributed by atoms with E-state index in [1.54, 1.807) is 6.20 Å². The Hall–Kier alpha value is -1.39. The van der Waals surface area contributed by atoms with Crippen molar-refractivity contribution in [3.8, 4) is 0 Å². The number of anilines is 1. The number of thiazole rings is 1. The molecule has 0 fully saturated rings. The molecule has 1 aliphatic carbocycles. The molecule has 1 unspecified atom stereocenters. The molecule has 0 bridgehead atoms. The number of benzene rings is 1. The Kier molecular flexibility index (Phi) is 2.42. The van der Waals surface area contributed by atoms with Crippen LogP contribution < -0.4 is 5.73 Å². The Morgan fingerprint density at radius 2 is 2.18 bits per heavy atom. The fourth-order valence-electron chi connectivity index (χ4n) is 2.55. The van der Waals surface area contributed by atoms with E-state index in [2.05, 4.69) is 11.1 Å². The number of nitrogens with two attached hydrogens (primary N) is 1. The number of hydrogen-bond acceptors (Lipinski definition) is 4. The fourth-order valence-corrected chi connectivity index (χ4v) is 3.36. The van der Waals surface area contributed by atoms with Crippen LogP contribution in [0.3, 0.4) is 0 Å². The molecule has 88 valence electrons. The number of aliphatic hydroxyl groups is 1. The molecule has 1 heterocycles. The zero-order chi connectivity index (χ0) is 11.9. The first-order valence-corrected chi connectivity index (χ1v) is 6.54. The van der Waals surface area contributed by atoms with Gasteiger partial charge in [-0.15, -0.1) is 0 Å². The predicted molar refractivity (Wildman–Crippen MR) is 68.9 cm³/mol. The zero-order valence-corrected chi connectivity index (χ0v) is 10.2. The van der Waals surface area contributed by atoms with Crippen molar-refractivity contribution in [2.24, 2.45) is 0 Å². The van der Waals surface area contributed by atoms with Crippen molar-refractivity contribution in [3.05, 3.63) is 46.5 Å². The molecule has 2 aromatic rings. The quantitative estimate of drug-likeness (QED) is 0.811. The highest BCUT2D eigenvalue weighted by Crippen LogP contribution is 2.42. The van der Waals surface area contributed by atoms with E-state index in [0.717, 1.165) is 29.7 Å². The van der Waals surface area contributed by atoms with Crippen LogP contribution in [-0.4, -0.2) is 10.1 Å². The minimum absolute atomic E-state index is 0.511. The highest BCUT2D eigenvalue weighted by atomic mass is 32.1. The molecule has 0 radical (unpaired) electrons. The largest absolute Gasteiger partial charge is 0.379 e. The summed E-state index contributed by atoms with van der Waals surface area (Å²) in [6.45, 7) is 0. The number of fused-ring (bicyclic) bond motifs is 1. The van der Waals surface area contributed by atoms with Gasteiger partial charge >= 0.3 is 0 Å². The standard InChI is InChI=1S/C13H14N2OS/c14-12-15-8-11(17-12)13(16)7-3-5-9-4-1-2-6-10(9)13/h1-2,4,6,8,16H,3,5,7H2,(H2,14,15). The van der Waals surface area contributed by atoms with Crippen LogP contribution in [0.1, 0.15) is 28.8 Å². The van der Waals surface area contributed by atoms with Gasteiger partial charge in [0.15, 0.2) is 5.13 Å². The summed E-state index contributed by atoms with van der Waals surface area (Å²) in [5.74, 6) is 0. The second-order valence-corrected chi connectivity index (χ2v) is 5.50. The summed E-state index contributed by atoms with van der Waals surface area (Å²) in [5, 5.41) is 11.4. The molecule has 3 rings (SSSR count). The van der Waals surface area contributed by atoms with E-state index in [1.165, 1.54) is 16.9 Å². The molecule has 1 atom stereocenters. The van der Waals surface area contributed by atoms with Gasteiger partial charge < -0.3 is 10.8 Å². The number of rotatable bonds is 1. The summed E-state index contributed by atoms with van der Waals surface area (Å²) in [6, 6.07) is 8.08. The molecule has 1 aliphatic rings.